The summed E-state index contributed by atoms with van der Waals surface area (Å²) < 4.78 is 0. The highest BCUT2D eigenvalue weighted by molar-refractivity contribution is 5.97. The van der Waals surface area contributed by atoms with Crippen LogP contribution in [0.3, 0.4) is 0 Å². The fourth-order valence-corrected chi connectivity index (χ4v) is 6.72. The van der Waals surface area contributed by atoms with E-state index in [1.165, 1.54) is 0 Å². The summed E-state index contributed by atoms with van der Waals surface area (Å²) in [6, 6.07) is 4.41. The summed E-state index contributed by atoms with van der Waals surface area (Å²) >= 11 is 0. The predicted octanol–water partition coefficient (Wildman–Crippen LogP) is -1.83. The molecule has 2 aromatic carbocycles. The van der Waals surface area contributed by atoms with Crippen LogP contribution in [0.15, 0.2) is 60.7 Å². The standard InChI is InChI=1S/C46H64N8O16/c1-23(2)36(54-44(67)37(24(3)4)53-40(63)28(47)16-18-33(55)56)43(66)50-30(20-26-12-8-6-9-13-26)38(61)45(68)51-31(22-35(59)60)42(65)48-25(5)39(62)49-29(17-19-34(57)58)41(64)52-32(46(69)70)21-27-14-10-7-11-15-27/h6-15,23-25,28-32,36-38,61H,16-22,47H2,1-5H3,(H,48,65)(H,49,62)(H,50,66)(H,51,68)(H,52,64)(H,53,63)(H,54,67)(H,55,56)(H,57,58)(H,59,60)(H,69,70)/t25-,28-,29-,30-,31-,32-,36-,37-,38+/m0/s1. The number of carbonyl (C=O) groups excluding carboxylic acids is 7. The van der Waals surface area contributed by atoms with Crippen molar-refractivity contribution in [1.29, 1.82) is 0 Å². The Morgan fingerprint density at radius 3 is 1.40 bits per heavy atom. The van der Waals surface area contributed by atoms with E-state index in [1.807, 2.05) is 0 Å². The molecule has 14 N–H and O–H groups in total. The topological polar surface area (TPSA) is 399 Å². The van der Waals surface area contributed by atoms with E-state index in [4.69, 9.17) is 10.8 Å². The second-order valence-corrected chi connectivity index (χ2v) is 17.2. The average molecular weight is 985 g/mol. The lowest BCUT2D eigenvalue weighted by Crippen LogP contribution is -2.61. The fourth-order valence-electron chi connectivity index (χ4n) is 6.72. The summed E-state index contributed by atoms with van der Waals surface area (Å²) in [6.45, 7) is 7.48. The van der Waals surface area contributed by atoms with Crippen molar-refractivity contribution in [3.63, 3.8) is 0 Å². The van der Waals surface area contributed by atoms with Gasteiger partial charge in [-0.3, -0.25) is 47.9 Å². The highest BCUT2D eigenvalue weighted by Crippen LogP contribution is 2.13. The Labute approximate surface area is 403 Å². The Balaban J connectivity index is 2.30. The molecule has 0 spiro atoms. The molecule has 7 amide bonds. The number of hydrogen-bond donors (Lipinski definition) is 13. The first-order valence-electron chi connectivity index (χ1n) is 22.3. The SMILES string of the molecule is CC(C)[C@H](NC(=O)[C@@H](NC(=O)[C@@H](N)CCC(=O)O)C(C)C)C(=O)N[C@@H](Cc1ccccc1)[C@@H](O)C(=O)N[C@@H](CC(=O)O)C(=O)N[C@@H](C)C(=O)N[C@@H](CCC(=O)O)C(=O)N[C@@H](Cc1ccccc1)C(=O)O. The van der Waals surface area contributed by atoms with Crippen LogP contribution >= 0.6 is 0 Å². The molecule has 0 aliphatic rings. The van der Waals surface area contributed by atoms with Gasteiger partial charge in [0.15, 0.2) is 6.10 Å². The normalized spacial score (nSPS) is 14.9. The number of carbonyl (C=O) groups is 11. The van der Waals surface area contributed by atoms with Crippen LogP contribution in [0.1, 0.15) is 77.8 Å². The molecular formula is C46H64N8O16. The van der Waals surface area contributed by atoms with Gasteiger partial charge in [-0.2, -0.15) is 0 Å². The monoisotopic (exact) mass is 984 g/mol. The first-order chi connectivity index (χ1) is 32.8. The molecule has 0 saturated heterocycles. The molecule has 24 nitrogen and oxygen atoms in total. The number of nitrogens with one attached hydrogen (secondary N) is 7. The highest BCUT2D eigenvalue weighted by Gasteiger charge is 2.37. The van der Waals surface area contributed by atoms with Crippen LogP contribution in [0.25, 0.3) is 0 Å². The summed E-state index contributed by atoms with van der Waals surface area (Å²) in [5.74, 6) is -14.0. The number of benzene rings is 2. The molecule has 2 rings (SSSR count). The lowest BCUT2D eigenvalue weighted by atomic mass is 9.97. The summed E-state index contributed by atoms with van der Waals surface area (Å²) in [5.41, 5.74) is 6.87. The van der Waals surface area contributed by atoms with Gasteiger partial charge in [0, 0.05) is 19.3 Å². The molecule has 70 heavy (non-hydrogen) atoms. The first kappa shape index (κ1) is 58.7. The van der Waals surface area contributed by atoms with E-state index in [2.05, 4.69) is 37.2 Å². The van der Waals surface area contributed by atoms with Gasteiger partial charge in [0.2, 0.25) is 35.4 Å². The minimum Gasteiger partial charge on any atom is -0.481 e. The molecule has 24 heteroatoms. The molecule has 0 fully saturated rings. The zero-order valence-corrected chi connectivity index (χ0v) is 39.4. The number of aliphatic hydroxyl groups is 1. The van der Waals surface area contributed by atoms with E-state index in [1.54, 1.807) is 88.4 Å². The number of carboxylic acids is 4. The van der Waals surface area contributed by atoms with E-state index >= 15 is 0 Å². The molecule has 9 atom stereocenters. The summed E-state index contributed by atoms with van der Waals surface area (Å²) in [6.07, 6.45) is -5.43. The fraction of sp³-hybridized carbons (Fsp3) is 0.500. The van der Waals surface area contributed by atoms with Crippen molar-refractivity contribution in [1.82, 2.24) is 37.2 Å². The summed E-state index contributed by atoms with van der Waals surface area (Å²) in [5, 5.41) is 65.6. The number of nitrogens with two attached hydrogens (primary N) is 1. The van der Waals surface area contributed by atoms with Crippen molar-refractivity contribution in [2.75, 3.05) is 0 Å². The van der Waals surface area contributed by atoms with Crippen molar-refractivity contribution in [2.24, 2.45) is 17.6 Å². The highest BCUT2D eigenvalue weighted by atomic mass is 16.4. The zero-order chi connectivity index (χ0) is 52.8. The average Bonchev–Trinajstić information content (AvgIpc) is 3.29. The minimum absolute atomic E-state index is 0.159. The maximum absolute atomic E-state index is 13.9. The first-order valence-corrected chi connectivity index (χ1v) is 22.3. The van der Waals surface area contributed by atoms with Crippen molar-refractivity contribution in [3.8, 4) is 0 Å². The molecule has 0 aromatic heterocycles. The molecule has 0 heterocycles. The summed E-state index contributed by atoms with van der Waals surface area (Å²) in [7, 11) is 0. The van der Waals surface area contributed by atoms with E-state index < -0.39 is 157 Å². The van der Waals surface area contributed by atoms with Crippen LogP contribution in [0.2, 0.25) is 0 Å². The van der Waals surface area contributed by atoms with Crippen LogP contribution in [-0.2, 0) is 65.6 Å². The second kappa shape index (κ2) is 28.8. The smallest absolute Gasteiger partial charge is 0.326 e. The van der Waals surface area contributed by atoms with E-state index in [-0.39, 0.29) is 19.3 Å². The van der Waals surface area contributed by atoms with Gasteiger partial charge in [-0.25, -0.2) is 4.79 Å². The van der Waals surface area contributed by atoms with Crippen molar-refractivity contribution >= 4 is 65.2 Å². The minimum atomic E-state index is -2.20. The summed E-state index contributed by atoms with van der Waals surface area (Å²) in [4.78, 5) is 140. The largest absolute Gasteiger partial charge is 0.481 e. The van der Waals surface area contributed by atoms with Gasteiger partial charge in [0.1, 0.15) is 36.3 Å². The van der Waals surface area contributed by atoms with Gasteiger partial charge in [-0.1, -0.05) is 88.4 Å². The number of carboxylic acid groups (broad SMARTS) is 4. The van der Waals surface area contributed by atoms with Gasteiger partial charge in [0.05, 0.1) is 18.5 Å². The van der Waals surface area contributed by atoms with Gasteiger partial charge in [0.25, 0.3) is 5.91 Å². The van der Waals surface area contributed by atoms with Gasteiger partial charge in [-0.05, 0) is 49.1 Å². The molecule has 0 saturated carbocycles. The number of hydrogen-bond acceptors (Lipinski definition) is 13. The number of aliphatic hydroxyl groups excluding tert-OH is 1. The molecule has 0 aliphatic heterocycles. The second-order valence-electron chi connectivity index (χ2n) is 17.2. The lowest BCUT2D eigenvalue weighted by Gasteiger charge is -2.30. The zero-order valence-electron chi connectivity index (χ0n) is 39.4. The van der Waals surface area contributed by atoms with Gasteiger partial charge < -0.3 is 68.5 Å². The molecule has 0 aliphatic carbocycles. The van der Waals surface area contributed by atoms with Crippen LogP contribution < -0.4 is 43.0 Å². The van der Waals surface area contributed by atoms with E-state index in [0.717, 1.165) is 6.92 Å². The molecule has 0 radical (unpaired) electrons. The molecule has 0 unspecified atom stereocenters. The number of rotatable bonds is 30. The van der Waals surface area contributed by atoms with Crippen LogP contribution in [0, 0.1) is 11.8 Å². The molecule has 0 bridgehead atoms. The van der Waals surface area contributed by atoms with Crippen LogP contribution in [-0.4, -0.2) is 145 Å². The van der Waals surface area contributed by atoms with Crippen molar-refractivity contribution in [3.05, 3.63) is 71.8 Å². The third kappa shape index (κ3) is 20.4. The quantitative estimate of drug-likeness (QED) is 0.0410. The molecule has 2 aromatic rings. The predicted molar refractivity (Wildman–Crippen MR) is 247 cm³/mol. The maximum atomic E-state index is 13.9. The van der Waals surface area contributed by atoms with E-state index in [0.29, 0.717) is 11.1 Å². The molecular weight excluding hydrogens is 921 g/mol. The lowest BCUT2D eigenvalue weighted by molar-refractivity contribution is -0.143. The third-order valence-corrected chi connectivity index (χ3v) is 10.7. The Hall–Kier alpha value is -7.47. The Kier molecular flexibility index (Phi) is 24.1. The Morgan fingerprint density at radius 2 is 0.914 bits per heavy atom. The molecule has 384 valence electrons. The third-order valence-electron chi connectivity index (χ3n) is 10.7. The van der Waals surface area contributed by atoms with Gasteiger partial charge >= 0.3 is 23.9 Å². The van der Waals surface area contributed by atoms with Crippen LogP contribution in [0.5, 0.6) is 0 Å². The van der Waals surface area contributed by atoms with Crippen LogP contribution in [0.4, 0.5) is 0 Å². The van der Waals surface area contributed by atoms with Crippen molar-refractivity contribution < 1.29 is 78.3 Å². The maximum Gasteiger partial charge on any atom is 0.326 e. The number of aliphatic carboxylic acids is 4. The number of amides is 7. The van der Waals surface area contributed by atoms with E-state index in [9.17, 15) is 73.2 Å². The Morgan fingerprint density at radius 1 is 0.471 bits per heavy atom. The van der Waals surface area contributed by atoms with Gasteiger partial charge in [-0.15, -0.1) is 0 Å². The Bertz CT molecular complexity index is 2160. The van der Waals surface area contributed by atoms with Crippen molar-refractivity contribution in [2.45, 2.75) is 134 Å².